The monoisotopic (exact) mass is 484 g/mol. The summed E-state index contributed by atoms with van der Waals surface area (Å²) >= 11 is 1.42. The van der Waals surface area contributed by atoms with Gasteiger partial charge in [0, 0.05) is 29.5 Å². The summed E-state index contributed by atoms with van der Waals surface area (Å²) in [7, 11) is 1.77. The summed E-state index contributed by atoms with van der Waals surface area (Å²) in [5.41, 5.74) is 1.69. The average molecular weight is 485 g/mol. The number of amides is 2. The number of aromatic nitrogens is 1. The van der Waals surface area contributed by atoms with Gasteiger partial charge in [0.05, 0.1) is 15.8 Å². The number of carbonyl (C=O) groups is 2. The number of halogens is 3. The van der Waals surface area contributed by atoms with Crippen LogP contribution in [0.3, 0.4) is 0 Å². The highest BCUT2D eigenvalue weighted by molar-refractivity contribution is 7.22. The highest BCUT2D eigenvalue weighted by Gasteiger charge is 2.30. The molecule has 0 fully saturated rings. The van der Waals surface area contributed by atoms with Gasteiger partial charge in [-0.3, -0.25) is 9.59 Å². The van der Waals surface area contributed by atoms with Crippen LogP contribution >= 0.6 is 11.3 Å². The van der Waals surface area contributed by atoms with Crippen LogP contribution in [0.5, 0.6) is 0 Å². The van der Waals surface area contributed by atoms with E-state index >= 15 is 0 Å². The van der Waals surface area contributed by atoms with Crippen molar-refractivity contribution in [2.75, 3.05) is 23.0 Å². The molecule has 0 unspecified atom stereocenters. The van der Waals surface area contributed by atoms with E-state index < -0.39 is 17.6 Å². The van der Waals surface area contributed by atoms with E-state index in [0.29, 0.717) is 11.3 Å². The van der Waals surface area contributed by atoms with Crippen LogP contribution in [0.2, 0.25) is 0 Å². The first-order chi connectivity index (χ1) is 16.1. The third-order valence-corrected chi connectivity index (χ3v) is 6.10. The average Bonchev–Trinajstić information content (AvgIpc) is 3.22. The molecule has 0 saturated heterocycles. The molecular weight excluding hydrogens is 465 g/mol. The Bertz CT molecular complexity index is 1400. The molecule has 0 aliphatic carbocycles. The van der Waals surface area contributed by atoms with Gasteiger partial charge in [-0.25, -0.2) is 4.98 Å². The van der Waals surface area contributed by atoms with Gasteiger partial charge < -0.3 is 16.0 Å². The number of aryl methyl sites for hydroxylation is 1. The van der Waals surface area contributed by atoms with Crippen LogP contribution in [0.1, 0.15) is 31.8 Å². The number of alkyl halides is 3. The van der Waals surface area contributed by atoms with Crippen molar-refractivity contribution in [1.82, 2.24) is 4.98 Å². The standard InChI is InChI=1S/C24H19F3N4O2S/c1-13-6-7-14(21(32)29-17-5-3-4-16(12-17)24(25,26)27)10-19(13)30-22(33)15-8-9-18-20(11-15)34-23(28-2)31-18/h3-12H,1-2H3,(H,28,31)(H,29,32)(H,30,33). The normalized spacial score (nSPS) is 11.3. The lowest BCUT2D eigenvalue weighted by Gasteiger charge is -2.12. The number of hydrogen-bond acceptors (Lipinski definition) is 5. The molecule has 1 aromatic heterocycles. The van der Waals surface area contributed by atoms with Crippen molar-refractivity contribution in [3.63, 3.8) is 0 Å². The van der Waals surface area contributed by atoms with E-state index in [1.54, 1.807) is 38.2 Å². The van der Waals surface area contributed by atoms with Gasteiger partial charge in [-0.05, 0) is 61.0 Å². The van der Waals surface area contributed by atoms with Gasteiger partial charge in [-0.2, -0.15) is 13.2 Å². The number of nitrogens with zero attached hydrogens (tertiary/aromatic N) is 1. The van der Waals surface area contributed by atoms with Crippen LogP contribution in [0.15, 0.2) is 60.7 Å². The summed E-state index contributed by atoms with van der Waals surface area (Å²) in [4.78, 5) is 29.9. The Labute approximate surface area is 196 Å². The van der Waals surface area contributed by atoms with Gasteiger partial charge in [0.15, 0.2) is 5.13 Å². The molecule has 4 rings (SSSR count). The number of benzene rings is 3. The topological polar surface area (TPSA) is 83.1 Å². The predicted molar refractivity (Wildman–Crippen MR) is 128 cm³/mol. The Hall–Kier alpha value is -3.92. The zero-order valence-electron chi connectivity index (χ0n) is 18.1. The molecule has 0 aliphatic rings. The minimum atomic E-state index is -4.52. The second-order valence-electron chi connectivity index (χ2n) is 7.47. The second kappa shape index (κ2) is 9.14. The first-order valence-electron chi connectivity index (χ1n) is 10.1. The van der Waals surface area contributed by atoms with E-state index in [-0.39, 0.29) is 17.2 Å². The molecule has 0 atom stereocenters. The summed E-state index contributed by atoms with van der Waals surface area (Å²) in [6.45, 7) is 1.77. The van der Waals surface area contributed by atoms with Crippen molar-refractivity contribution in [1.29, 1.82) is 0 Å². The number of thiazole rings is 1. The summed E-state index contributed by atoms with van der Waals surface area (Å²) in [5.74, 6) is -0.958. The molecule has 0 saturated carbocycles. The molecule has 3 N–H and O–H groups in total. The summed E-state index contributed by atoms with van der Waals surface area (Å²) in [5, 5.41) is 8.98. The van der Waals surface area contributed by atoms with E-state index in [1.807, 2.05) is 0 Å². The van der Waals surface area contributed by atoms with E-state index in [2.05, 4.69) is 20.9 Å². The summed E-state index contributed by atoms with van der Waals surface area (Å²) < 4.78 is 39.7. The Morgan fingerprint density at radius 2 is 1.62 bits per heavy atom. The summed E-state index contributed by atoms with van der Waals surface area (Å²) in [6, 6.07) is 14.2. The Kier molecular flexibility index (Phi) is 6.25. The molecule has 10 heteroatoms. The van der Waals surface area contributed by atoms with Crippen molar-refractivity contribution in [3.05, 3.63) is 82.9 Å². The Morgan fingerprint density at radius 3 is 2.35 bits per heavy atom. The molecule has 34 heavy (non-hydrogen) atoms. The van der Waals surface area contributed by atoms with Crippen LogP contribution < -0.4 is 16.0 Å². The van der Waals surface area contributed by atoms with Crippen LogP contribution in [-0.4, -0.2) is 23.8 Å². The first kappa shape index (κ1) is 23.2. The quantitative estimate of drug-likeness (QED) is 0.316. The van der Waals surface area contributed by atoms with Crippen molar-refractivity contribution < 1.29 is 22.8 Å². The highest BCUT2D eigenvalue weighted by Crippen LogP contribution is 2.31. The van der Waals surface area contributed by atoms with E-state index in [9.17, 15) is 22.8 Å². The van der Waals surface area contributed by atoms with E-state index in [0.717, 1.165) is 33.0 Å². The third-order valence-electron chi connectivity index (χ3n) is 5.06. The molecule has 3 aromatic carbocycles. The van der Waals surface area contributed by atoms with Crippen LogP contribution in [0, 0.1) is 6.92 Å². The van der Waals surface area contributed by atoms with Crippen molar-refractivity contribution in [2.24, 2.45) is 0 Å². The molecule has 0 aliphatic heterocycles. The second-order valence-corrected chi connectivity index (χ2v) is 8.50. The molecule has 0 spiro atoms. The van der Waals surface area contributed by atoms with Crippen molar-refractivity contribution in [3.8, 4) is 0 Å². The molecular formula is C24H19F3N4O2S. The minimum absolute atomic E-state index is 0.0183. The van der Waals surface area contributed by atoms with Gasteiger partial charge in [0.25, 0.3) is 11.8 Å². The number of rotatable bonds is 5. The molecule has 4 aromatic rings. The lowest BCUT2D eigenvalue weighted by molar-refractivity contribution is -0.137. The zero-order valence-corrected chi connectivity index (χ0v) is 18.9. The van der Waals surface area contributed by atoms with E-state index in [4.69, 9.17) is 0 Å². The number of fused-ring (bicyclic) bond motifs is 1. The fraction of sp³-hybridized carbons (Fsp3) is 0.125. The third kappa shape index (κ3) is 5.01. The molecule has 0 bridgehead atoms. The molecule has 6 nitrogen and oxygen atoms in total. The fourth-order valence-corrected chi connectivity index (χ4v) is 4.10. The van der Waals surface area contributed by atoms with Crippen LogP contribution in [0.25, 0.3) is 10.2 Å². The van der Waals surface area contributed by atoms with Gasteiger partial charge in [0.1, 0.15) is 0 Å². The van der Waals surface area contributed by atoms with E-state index in [1.165, 1.54) is 35.6 Å². The molecule has 174 valence electrons. The maximum Gasteiger partial charge on any atom is 0.416 e. The Morgan fingerprint density at radius 1 is 0.912 bits per heavy atom. The Balaban J connectivity index is 1.53. The fourth-order valence-electron chi connectivity index (χ4n) is 3.24. The maximum atomic E-state index is 12.9. The van der Waals surface area contributed by atoms with Gasteiger partial charge >= 0.3 is 6.18 Å². The number of anilines is 3. The van der Waals surface area contributed by atoms with Gasteiger partial charge in [0.2, 0.25) is 0 Å². The van der Waals surface area contributed by atoms with Crippen LogP contribution in [0.4, 0.5) is 29.7 Å². The first-order valence-corrected chi connectivity index (χ1v) is 10.9. The predicted octanol–water partition coefficient (Wildman–Crippen LogP) is 6.17. The highest BCUT2D eigenvalue weighted by atomic mass is 32.1. The van der Waals surface area contributed by atoms with Crippen molar-refractivity contribution in [2.45, 2.75) is 13.1 Å². The largest absolute Gasteiger partial charge is 0.416 e. The molecule has 2 amide bonds. The zero-order chi connectivity index (χ0) is 24.5. The minimum Gasteiger partial charge on any atom is -0.365 e. The number of hydrogen-bond donors (Lipinski definition) is 3. The van der Waals surface area contributed by atoms with Crippen molar-refractivity contribution >= 4 is 49.9 Å². The number of nitrogens with one attached hydrogen (secondary N) is 3. The SMILES string of the molecule is CNc1nc2ccc(C(=O)Nc3cc(C(=O)Nc4cccc(C(F)(F)F)c4)ccc3C)cc2s1. The lowest BCUT2D eigenvalue weighted by atomic mass is 10.1. The smallest absolute Gasteiger partial charge is 0.365 e. The van der Waals surface area contributed by atoms with Gasteiger partial charge in [-0.15, -0.1) is 0 Å². The maximum absolute atomic E-state index is 12.9. The lowest BCUT2D eigenvalue weighted by Crippen LogP contribution is -2.16. The summed E-state index contributed by atoms with van der Waals surface area (Å²) in [6.07, 6.45) is -4.52. The molecule has 0 radical (unpaired) electrons. The number of carbonyl (C=O) groups excluding carboxylic acids is 2. The molecule has 1 heterocycles. The van der Waals surface area contributed by atoms with Gasteiger partial charge in [-0.1, -0.05) is 23.5 Å². The van der Waals surface area contributed by atoms with Crippen LogP contribution in [-0.2, 0) is 6.18 Å².